The van der Waals surface area contributed by atoms with Gasteiger partial charge in [-0.05, 0) is 19.3 Å². The Hall–Kier alpha value is -1.85. The number of carboxylic acids is 2. The number of carbonyl (C=O) groups is 3. The molecule has 0 aliphatic heterocycles. The number of ether oxygens (including phenoxy) is 1. The van der Waals surface area contributed by atoms with E-state index in [1.807, 2.05) is 6.92 Å². The van der Waals surface area contributed by atoms with Gasteiger partial charge in [0.2, 0.25) is 0 Å². The normalized spacial score (nSPS) is 11.6. The quantitative estimate of drug-likeness (QED) is 0.479. The van der Waals surface area contributed by atoms with Crippen molar-refractivity contribution in [2.45, 2.75) is 32.6 Å². The van der Waals surface area contributed by atoms with E-state index in [-0.39, 0.29) is 24.8 Å². The summed E-state index contributed by atoms with van der Waals surface area (Å²) in [5, 5.41) is 17.5. The Morgan fingerprint density at radius 3 is 2.33 bits per heavy atom. The van der Waals surface area contributed by atoms with Gasteiger partial charge in [0.25, 0.3) is 0 Å². The smallest absolute Gasteiger partial charge is 0.330 e. The molecule has 1 atom stereocenters. The molecule has 18 heavy (non-hydrogen) atoms. The van der Waals surface area contributed by atoms with Crippen molar-refractivity contribution in [1.29, 1.82) is 0 Å². The first-order chi connectivity index (χ1) is 8.38. The Kier molecular flexibility index (Phi) is 7.42. The molecule has 0 aliphatic carbocycles. The maximum Gasteiger partial charge on any atom is 0.330 e. The van der Waals surface area contributed by atoms with Crippen LogP contribution in [0.25, 0.3) is 0 Å². The summed E-state index contributed by atoms with van der Waals surface area (Å²) in [5.41, 5.74) is -0.177. The topological polar surface area (TPSA) is 101 Å². The molecule has 6 nitrogen and oxygen atoms in total. The third-order valence-electron chi connectivity index (χ3n) is 2.31. The first-order valence-electron chi connectivity index (χ1n) is 5.68. The minimum atomic E-state index is -1.23. The molecular formula is C12H18O6. The van der Waals surface area contributed by atoms with Crippen LogP contribution in [0.1, 0.15) is 32.6 Å². The van der Waals surface area contributed by atoms with Gasteiger partial charge >= 0.3 is 17.9 Å². The lowest BCUT2D eigenvalue weighted by Gasteiger charge is -2.11. The van der Waals surface area contributed by atoms with Crippen molar-refractivity contribution < 1.29 is 29.3 Å². The molecule has 0 aromatic heterocycles. The highest BCUT2D eigenvalue weighted by Crippen LogP contribution is 2.17. The predicted octanol–water partition coefficient (Wildman–Crippen LogP) is 1.45. The Labute approximate surface area is 105 Å². The van der Waals surface area contributed by atoms with Crippen LogP contribution in [0.5, 0.6) is 0 Å². The molecule has 0 amide bonds. The summed E-state index contributed by atoms with van der Waals surface area (Å²) in [6.45, 7) is 5.43. The Morgan fingerprint density at radius 1 is 1.28 bits per heavy atom. The SMILES string of the molecule is C=C(CC(CCC(=O)OCCC)C(=O)O)C(=O)O. The minimum Gasteiger partial charge on any atom is -0.481 e. The second-order valence-electron chi connectivity index (χ2n) is 3.91. The molecule has 102 valence electrons. The average Bonchev–Trinajstić information content (AvgIpc) is 2.30. The van der Waals surface area contributed by atoms with E-state index in [1.165, 1.54) is 0 Å². The molecule has 0 rings (SSSR count). The molecule has 0 aliphatic rings. The van der Waals surface area contributed by atoms with Gasteiger partial charge in [0.1, 0.15) is 0 Å². The van der Waals surface area contributed by atoms with E-state index in [0.29, 0.717) is 13.0 Å². The lowest BCUT2D eigenvalue weighted by molar-refractivity contribution is -0.145. The molecule has 6 heteroatoms. The van der Waals surface area contributed by atoms with Crippen LogP contribution in [-0.2, 0) is 19.1 Å². The molecule has 0 spiro atoms. The minimum absolute atomic E-state index is 0.0378. The van der Waals surface area contributed by atoms with E-state index in [2.05, 4.69) is 6.58 Å². The van der Waals surface area contributed by atoms with Crippen molar-refractivity contribution in [1.82, 2.24) is 0 Å². The number of esters is 1. The largest absolute Gasteiger partial charge is 0.481 e. The van der Waals surface area contributed by atoms with E-state index in [0.717, 1.165) is 0 Å². The van der Waals surface area contributed by atoms with Gasteiger partial charge in [-0.25, -0.2) is 4.79 Å². The van der Waals surface area contributed by atoms with Gasteiger partial charge in [-0.2, -0.15) is 0 Å². The van der Waals surface area contributed by atoms with Crippen molar-refractivity contribution in [3.8, 4) is 0 Å². The number of aliphatic carboxylic acids is 2. The van der Waals surface area contributed by atoms with Crippen molar-refractivity contribution in [2.75, 3.05) is 6.61 Å². The molecule has 0 fully saturated rings. The maximum atomic E-state index is 11.2. The third kappa shape index (κ3) is 6.67. The molecule has 0 heterocycles. The van der Waals surface area contributed by atoms with E-state index in [1.54, 1.807) is 0 Å². The first-order valence-corrected chi connectivity index (χ1v) is 5.68. The van der Waals surface area contributed by atoms with Gasteiger partial charge in [0, 0.05) is 12.0 Å². The standard InChI is InChI=1S/C12H18O6/c1-3-6-18-10(13)5-4-9(12(16)17)7-8(2)11(14)15/h9H,2-7H2,1H3,(H,14,15)(H,16,17). The van der Waals surface area contributed by atoms with E-state index in [4.69, 9.17) is 14.9 Å². The van der Waals surface area contributed by atoms with Gasteiger partial charge in [-0.1, -0.05) is 13.5 Å². The summed E-state index contributed by atoms with van der Waals surface area (Å²) < 4.78 is 4.80. The molecule has 2 N–H and O–H groups in total. The summed E-state index contributed by atoms with van der Waals surface area (Å²) in [4.78, 5) is 32.6. The maximum absolute atomic E-state index is 11.2. The van der Waals surface area contributed by atoms with Crippen molar-refractivity contribution >= 4 is 17.9 Å². The van der Waals surface area contributed by atoms with Crippen LogP contribution in [0.4, 0.5) is 0 Å². The van der Waals surface area contributed by atoms with Crippen molar-refractivity contribution in [3.05, 3.63) is 12.2 Å². The van der Waals surface area contributed by atoms with Crippen molar-refractivity contribution in [2.24, 2.45) is 5.92 Å². The Bertz CT molecular complexity index is 333. The number of hydrogen-bond acceptors (Lipinski definition) is 4. The summed E-state index contributed by atoms with van der Waals surface area (Å²) in [6, 6.07) is 0. The zero-order valence-electron chi connectivity index (χ0n) is 10.3. The van der Waals surface area contributed by atoms with Crippen LogP contribution in [0.15, 0.2) is 12.2 Å². The first kappa shape index (κ1) is 16.1. The molecule has 0 saturated carbocycles. The second kappa shape index (κ2) is 8.27. The lowest BCUT2D eigenvalue weighted by atomic mass is 9.95. The fourth-order valence-corrected chi connectivity index (χ4v) is 1.28. The Morgan fingerprint density at radius 2 is 1.89 bits per heavy atom. The zero-order chi connectivity index (χ0) is 14.1. The molecular weight excluding hydrogens is 240 g/mol. The van der Waals surface area contributed by atoms with Crippen LogP contribution in [0.3, 0.4) is 0 Å². The lowest BCUT2D eigenvalue weighted by Crippen LogP contribution is -2.18. The fraction of sp³-hybridized carbons (Fsp3) is 0.583. The van der Waals surface area contributed by atoms with Crippen LogP contribution < -0.4 is 0 Å². The van der Waals surface area contributed by atoms with Crippen LogP contribution >= 0.6 is 0 Å². The summed E-state index contributed by atoms with van der Waals surface area (Å²) in [5.74, 6) is -3.76. The number of hydrogen-bond donors (Lipinski definition) is 2. The fourth-order valence-electron chi connectivity index (χ4n) is 1.28. The number of rotatable bonds is 9. The highest BCUT2D eigenvalue weighted by molar-refractivity contribution is 5.87. The Balaban J connectivity index is 4.21. The van der Waals surface area contributed by atoms with Gasteiger partial charge < -0.3 is 14.9 Å². The highest BCUT2D eigenvalue weighted by Gasteiger charge is 2.22. The monoisotopic (exact) mass is 258 g/mol. The van der Waals surface area contributed by atoms with Crippen LogP contribution in [0, 0.1) is 5.92 Å². The summed E-state index contributed by atoms with van der Waals surface area (Å²) in [6.07, 6.45) is 0.531. The van der Waals surface area contributed by atoms with E-state index in [9.17, 15) is 14.4 Å². The molecule has 0 bridgehead atoms. The third-order valence-corrected chi connectivity index (χ3v) is 2.31. The second-order valence-corrected chi connectivity index (χ2v) is 3.91. The van der Waals surface area contributed by atoms with Crippen molar-refractivity contribution in [3.63, 3.8) is 0 Å². The number of carboxylic acid groups (broad SMARTS) is 2. The zero-order valence-corrected chi connectivity index (χ0v) is 10.3. The average molecular weight is 258 g/mol. The van der Waals surface area contributed by atoms with Gasteiger partial charge in [-0.3, -0.25) is 9.59 Å². The summed E-state index contributed by atoms with van der Waals surface area (Å²) >= 11 is 0. The van der Waals surface area contributed by atoms with E-state index < -0.39 is 23.8 Å². The summed E-state index contributed by atoms with van der Waals surface area (Å²) in [7, 11) is 0. The van der Waals surface area contributed by atoms with Crippen LogP contribution in [-0.4, -0.2) is 34.7 Å². The molecule has 0 radical (unpaired) electrons. The molecule has 0 saturated heterocycles. The van der Waals surface area contributed by atoms with Gasteiger partial charge in [-0.15, -0.1) is 0 Å². The predicted molar refractivity (Wildman–Crippen MR) is 63.0 cm³/mol. The molecule has 1 unspecified atom stereocenters. The van der Waals surface area contributed by atoms with Crippen LogP contribution in [0.2, 0.25) is 0 Å². The van der Waals surface area contributed by atoms with E-state index >= 15 is 0 Å². The molecule has 0 aromatic rings. The molecule has 0 aromatic carbocycles. The number of carbonyl (C=O) groups excluding carboxylic acids is 1. The van der Waals surface area contributed by atoms with Gasteiger partial charge in [0.15, 0.2) is 0 Å². The highest BCUT2D eigenvalue weighted by atomic mass is 16.5. The van der Waals surface area contributed by atoms with Gasteiger partial charge in [0.05, 0.1) is 12.5 Å².